The Bertz CT molecular complexity index is 609. The molecule has 0 saturated carbocycles. The largest absolute Gasteiger partial charge is 0.481 e. The van der Waals surface area contributed by atoms with Crippen LogP contribution in [-0.4, -0.2) is 33.7 Å². The molecule has 0 unspecified atom stereocenters. The first-order valence-electron chi connectivity index (χ1n) is 7.00. The molecule has 2 aromatic heterocycles. The lowest BCUT2D eigenvalue weighted by Gasteiger charge is -2.02. The predicted molar refractivity (Wildman–Crippen MR) is 80.4 cm³/mol. The van der Waals surface area contributed by atoms with Crippen molar-refractivity contribution in [1.82, 2.24) is 15.5 Å². The van der Waals surface area contributed by atoms with E-state index in [9.17, 15) is 9.59 Å². The molecule has 0 saturated heterocycles. The number of hydrogen-bond donors (Lipinski definition) is 2. The van der Waals surface area contributed by atoms with Crippen molar-refractivity contribution in [2.75, 3.05) is 6.54 Å². The Balaban J connectivity index is 1.65. The summed E-state index contributed by atoms with van der Waals surface area (Å²) in [5.74, 6) is 0.0546. The summed E-state index contributed by atoms with van der Waals surface area (Å²) in [6.45, 7) is 0.483. The van der Waals surface area contributed by atoms with Crippen LogP contribution in [0.2, 0.25) is 0 Å². The van der Waals surface area contributed by atoms with Crippen molar-refractivity contribution in [3.63, 3.8) is 0 Å². The normalized spacial score (nSPS) is 10.5. The average Bonchev–Trinajstić information content (AvgIpc) is 3.15. The first kappa shape index (κ1) is 16.2. The molecule has 2 aromatic rings. The fourth-order valence-electron chi connectivity index (χ4n) is 1.80. The molecule has 1 amide bonds. The van der Waals surface area contributed by atoms with Gasteiger partial charge in [-0.1, -0.05) is 11.2 Å². The molecular weight excluding hydrogens is 306 g/mol. The van der Waals surface area contributed by atoms with Gasteiger partial charge in [-0.05, 0) is 24.3 Å². The fourth-order valence-corrected chi connectivity index (χ4v) is 2.45. The molecule has 22 heavy (non-hydrogen) atoms. The van der Waals surface area contributed by atoms with E-state index in [-0.39, 0.29) is 18.7 Å². The summed E-state index contributed by atoms with van der Waals surface area (Å²) in [7, 11) is 0. The van der Waals surface area contributed by atoms with Crippen LogP contribution in [0.5, 0.6) is 0 Å². The molecule has 0 atom stereocenters. The molecule has 8 heteroatoms. The number of nitrogens with zero attached hydrogens (tertiary/aromatic N) is 2. The van der Waals surface area contributed by atoms with Crippen molar-refractivity contribution >= 4 is 23.2 Å². The van der Waals surface area contributed by atoms with Gasteiger partial charge in [0.25, 0.3) is 0 Å². The maximum Gasteiger partial charge on any atom is 0.303 e. The highest BCUT2D eigenvalue weighted by Crippen LogP contribution is 2.21. The molecule has 7 nitrogen and oxygen atoms in total. The number of hydrogen-bond acceptors (Lipinski definition) is 6. The number of aliphatic carboxylic acids is 1. The Kier molecular flexibility index (Phi) is 6.08. The summed E-state index contributed by atoms with van der Waals surface area (Å²) < 4.78 is 5.11. The zero-order chi connectivity index (χ0) is 15.8. The van der Waals surface area contributed by atoms with Crippen LogP contribution in [-0.2, 0) is 16.0 Å². The highest BCUT2D eigenvalue weighted by Gasteiger charge is 2.11. The van der Waals surface area contributed by atoms with Crippen molar-refractivity contribution < 1.29 is 19.2 Å². The number of nitrogens with one attached hydrogen (secondary N) is 1. The summed E-state index contributed by atoms with van der Waals surface area (Å²) in [5.41, 5.74) is 0. The van der Waals surface area contributed by atoms with Gasteiger partial charge in [-0.25, -0.2) is 0 Å². The highest BCUT2D eigenvalue weighted by molar-refractivity contribution is 7.13. The molecule has 0 aliphatic heterocycles. The van der Waals surface area contributed by atoms with Gasteiger partial charge in [-0.15, -0.1) is 11.3 Å². The van der Waals surface area contributed by atoms with Gasteiger partial charge in [0.15, 0.2) is 0 Å². The van der Waals surface area contributed by atoms with E-state index >= 15 is 0 Å². The third-order valence-corrected chi connectivity index (χ3v) is 3.78. The predicted octanol–water partition coefficient (Wildman–Crippen LogP) is 2.10. The second kappa shape index (κ2) is 8.28. The number of thiophene rings is 1. The Morgan fingerprint density at radius 1 is 1.32 bits per heavy atom. The van der Waals surface area contributed by atoms with E-state index in [1.54, 1.807) is 0 Å². The number of carbonyl (C=O) groups excluding carboxylic acids is 1. The number of unbranched alkanes of at least 4 members (excludes halogenated alkanes) is 1. The molecule has 0 spiro atoms. The lowest BCUT2D eigenvalue weighted by Crippen LogP contribution is -2.24. The van der Waals surface area contributed by atoms with Crippen molar-refractivity contribution in [1.29, 1.82) is 0 Å². The topological polar surface area (TPSA) is 105 Å². The number of carboxylic acid groups (broad SMARTS) is 1. The third-order valence-electron chi connectivity index (χ3n) is 2.92. The van der Waals surface area contributed by atoms with Gasteiger partial charge in [0.1, 0.15) is 0 Å². The average molecular weight is 323 g/mol. The van der Waals surface area contributed by atoms with Gasteiger partial charge in [0.2, 0.25) is 17.6 Å². The summed E-state index contributed by atoms with van der Waals surface area (Å²) in [4.78, 5) is 27.1. The summed E-state index contributed by atoms with van der Waals surface area (Å²) in [5, 5.41) is 17.0. The lowest BCUT2D eigenvalue weighted by atomic mass is 10.2. The number of carbonyl (C=O) groups is 2. The fraction of sp³-hybridized carbons (Fsp3) is 0.429. The van der Waals surface area contributed by atoms with Gasteiger partial charge in [0, 0.05) is 25.8 Å². The number of aryl methyl sites for hydroxylation is 1. The SMILES string of the molecule is O=C(O)CCCCNC(=O)CCc1nc(-c2cccs2)no1. The minimum absolute atomic E-state index is 0.105. The van der Waals surface area contributed by atoms with Crippen molar-refractivity contribution in [2.45, 2.75) is 32.1 Å². The lowest BCUT2D eigenvalue weighted by molar-refractivity contribution is -0.137. The van der Waals surface area contributed by atoms with Crippen LogP contribution >= 0.6 is 11.3 Å². The quantitative estimate of drug-likeness (QED) is 0.685. The molecule has 0 bridgehead atoms. The van der Waals surface area contributed by atoms with Gasteiger partial charge in [0.05, 0.1) is 4.88 Å². The van der Waals surface area contributed by atoms with Gasteiger partial charge in [-0.3, -0.25) is 9.59 Å². The molecule has 0 aliphatic carbocycles. The number of aromatic nitrogens is 2. The van der Waals surface area contributed by atoms with Crippen LogP contribution < -0.4 is 5.32 Å². The highest BCUT2D eigenvalue weighted by atomic mass is 32.1. The first-order chi connectivity index (χ1) is 10.6. The second-order valence-electron chi connectivity index (χ2n) is 4.69. The molecule has 2 heterocycles. The van der Waals surface area contributed by atoms with Gasteiger partial charge < -0.3 is 14.9 Å². The minimum Gasteiger partial charge on any atom is -0.481 e. The smallest absolute Gasteiger partial charge is 0.303 e. The zero-order valence-corrected chi connectivity index (χ0v) is 12.8. The number of carboxylic acids is 1. The molecule has 118 valence electrons. The van der Waals surface area contributed by atoms with Crippen LogP contribution in [0.1, 0.15) is 31.6 Å². The van der Waals surface area contributed by atoms with E-state index in [0.29, 0.717) is 37.5 Å². The van der Waals surface area contributed by atoms with Gasteiger partial charge in [-0.2, -0.15) is 4.98 Å². The van der Waals surface area contributed by atoms with Crippen LogP contribution in [0.15, 0.2) is 22.0 Å². The van der Waals surface area contributed by atoms with Crippen molar-refractivity contribution in [3.8, 4) is 10.7 Å². The molecule has 0 aromatic carbocycles. The van der Waals surface area contributed by atoms with Gasteiger partial charge >= 0.3 is 5.97 Å². The van der Waals surface area contributed by atoms with Crippen molar-refractivity contribution in [2.24, 2.45) is 0 Å². The van der Waals surface area contributed by atoms with E-state index in [1.807, 2.05) is 17.5 Å². The molecular formula is C14H17N3O4S. The maximum absolute atomic E-state index is 11.6. The first-order valence-corrected chi connectivity index (χ1v) is 7.88. The van der Waals surface area contributed by atoms with Crippen LogP contribution in [0.4, 0.5) is 0 Å². The molecule has 2 rings (SSSR count). The standard InChI is InChI=1S/C14H17N3O4S/c18-11(15-8-2-1-5-13(19)20)6-7-12-16-14(17-21-12)10-4-3-9-22-10/h3-4,9H,1-2,5-8H2,(H,15,18)(H,19,20). The molecule has 0 aliphatic rings. The Labute approximate surface area is 131 Å². The Hall–Kier alpha value is -2.22. The second-order valence-corrected chi connectivity index (χ2v) is 5.64. The maximum atomic E-state index is 11.6. The van der Waals surface area contributed by atoms with E-state index < -0.39 is 5.97 Å². The van der Waals surface area contributed by atoms with Crippen LogP contribution in [0, 0.1) is 0 Å². The van der Waals surface area contributed by atoms with E-state index in [4.69, 9.17) is 9.63 Å². The number of rotatable bonds is 9. The van der Waals surface area contributed by atoms with Crippen molar-refractivity contribution in [3.05, 3.63) is 23.4 Å². The molecule has 0 radical (unpaired) electrons. The molecule has 0 fully saturated rings. The Morgan fingerprint density at radius 3 is 2.91 bits per heavy atom. The summed E-state index contributed by atoms with van der Waals surface area (Å²) in [6.07, 6.45) is 2.00. The van der Waals surface area contributed by atoms with E-state index in [2.05, 4.69) is 15.5 Å². The number of amides is 1. The zero-order valence-electron chi connectivity index (χ0n) is 11.9. The molecule has 2 N–H and O–H groups in total. The minimum atomic E-state index is -0.815. The third kappa shape index (κ3) is 5.28. The summed E-state index contributed by atoms with van der Waals surface area (Å²) in [6, 6.07) is 3.82. The van der Waals surface area contributed by atoms with Crippen LogP contribution in [0.25, 0.3) is 10.7 Å². The van der Waals surface area contributed by atoms with E-state index in [1.165, 1.54) is 11.3 Å². The van der Waals surface area contributed by atoms with E-state index in [0.717, 1.165) is 4.88 Å². The van der Waals surface area contributed by atoms with Crippen LogP contribution in [0.3, 0.4) is 0 Å². The monoisotopic (exact) mass is 323 g/mol. The Morgan fingerprint density at radius 2 is 2.18 bits per heavy atom. The summed E-state index contributed by atoms with van der Waals surface area (Å²) >= 11 is 1.53.